The lowest BCUT2D eigenvalue weighted by atomic mass is 9.96. The van der Waals surface area contributed by atoms with Gasteiger partial charge < -0.3 is 10.1 Å². The van der Waals surface area contributed by atoms with E-state index in [0.29, 0.717) is 19.4 Å². The molecule has 1 amide bonds. The zero-order valence-corrected chi connectivity index (χ0v) is 10.8. The van der Waals surface area contributed by atoms with Crippen LogP contribution < -0.4 is 10.3 Å². The highest BCUT2D eigenvalue weighted by molar-refractivity contribution is 5.84. The van der Waals surface area contributed by atoms with E-state index >= 15 is 0 Å². The molecule has 1 aliphatic heterocycles. The molecule has 0 fully saturated rings. The normalized spacial score (nSPS) is 17.8. The van der Waals surface area contributed by atoms with Crippen molar-refractivity contribution < 1.29 is 19.3 Å². The molecule has 1 aliphatic carbocycles. The number of hydrogen-bond donors (Lipinski definition) is 2. The monoisotopic (exact) mass is 261 g/mol. The van der Waals surface area contributed by atoms with Crippen LogP contribution in [0.4, 0.5) is 0 Å². The first-order valence-corrected chi connectivity index (χ1v) is 6.31. The van der Waals surface area contributed by atoms with E-state index < -0.39 is 12.0 Å². The van der Waals surface area contributed by atoms with E-state index in [2.05, 4.69) is 16.4 Å². The van der Waals surface area contributed by atoms with Gasteiger partial charge >= 0.3 is 5.97 Å². The van der Waals surface area contributed by atoms with Crippen molar-refractivity contribution >= 4 is 18.6 Å². The predicted molar refractivity (Wildman–Crippen MR) is 70.1 cm³/mol. The van der Waals surface area contributed by atoms with Crippen molar-refractivity contribution in [1.29, 1.82) is 0 Å². The number of esters is 1. The van der Waals surface area contributed by atoms with Crippen LogP contribution in [0.3, 0.4) is 0 Å². The Balaban J connectivity index is 2.12. The topological polar surface area (TPSA) is 69.4 Å². The van der Waals surface area contributed by atoms with E-state index in [0.717, 1.165) is 17.7 Å². The zero-order chi connectivity index (χ0) is 13.7. The summed E-state index contributed by atoms with van der Waals surface area (Å²) in [6.07, 6.45) is 9.74. The largest absolute Gasteiger partial charge is 0.464 e. The van der Waals surface area contributed by atoms with E-state index in [1.165, 1.54) is 5.57 Å². The van der Waals surface area contributed by atoms with E-state index in [9.17, 15) is 9.59 Å². The van der Waals surface area contributed by atoms with Gasteiger partial charge in [0.1, 0.15) is 6.04 Å². The number of ether oxygens (including phenoxy) is 1. The number of carbonyl (C=O) groups is 2. The van der Waals surface area contributed by atoms with Crippen LogP contribution in [0.5, 0.6) is 0 Å². The van der Waals surface area contributed by atoms with E-state index in [1.54, 1.807) is 6.92 Å². The molecule has 19 heavy (non-hydrogen) atoms. The molecule has 0 bridgehead atoms. The van der Waals surface area contributed by atoms with Crippen molar-refractivity contribution in [2.24, 2.45) is 0 Å². The van der Waals surface area contributed by atoms with Gasteiger partial charge in [0.15, 0.2) is 6.21 Å². The summed E-state index contributed by atoms with van der Waals surface area (Å²) >= 11 is 0. The lowest BCUT2D eigenvalue weighted by molar-refractivity contribution is -0.382. The van der Waals surface area contributed by atoms with Crippen LogP contribution in [-0.4, -0.2) is 31.2 Å². The standard InChI is InChI=1S/C14H16N2O3/c1-2-19-14(18)13(16-9-17)7-10-8-15-12-6-4-3-5-11(10)12/h3-4,6,8-9,13H,2,5,7H2,1H3,(H,16,17)/p+1. The molecule has 0 aromatic heterocycles. The van der Waals surface area contributed by atoms with Gasteiger partial charge in [-0.05, 0) is 13.3 Å². The first-order valence-electron chi connectivity index (χ1n) is 6.31. The molecular formula is C14H17N2O3+. The lowest BCUT2D eigenvalue weighted by Gasteiger charge is -2.14. The Morgan fingerprint density at radius 1 is 1.63 bits per heavy atom. The van der Waals surface area contributed by atoms with Crippen LogP contribution in [0.1, 0.15) is 19.8 Å². The minimum Gasteiger partial charge on any atom is -0.464 e. The Morgan fingerprint density at radius 2 is 2.47 bits per heavy atom. The van der Waals surface area contributed by atoms with Crippen molar-refractivity contribution in [3.63, 3.8) is 0 Å². The van der Waals surface area contributed by atoms with Gasteiger partial charge in [0.05, 0.1) is 6.61 Å². The molecular weight excluding hydrogens is 244 g/mol. The Bertz CT molecular complexity index is 501. The summed E-state index contributed by atoms with van der Waals surface area (Å²) in [5, 5.41) is 2.52. The summed E-state index contributed by atoms with van der Waals surface area (Å²) in [7, 11) is 0. The molecule has 0 aromatic rings. The molecule has 1 heterocycles. The highest BCUT2D eigenvalue weighted by atomic mass is 16.5. The maximum Gasteiger partial charge on any atom is 0.328 e. The highest BCUT2D eigenvalue weighted by Gasteiger charge is 2.28. The summed E-state index contributed by atoms with van der Waals surface area (Å²) in [6.45, 7) is 2.05. The zero-order valence-electron chi connectivity index (χ0n) is 10.8. The molecule has 5 nitrogen and oxygen atoms in total. The molecule has 1 atom stereocenters. The Labute approximate surface area is 111 Å². The summed E-state index contributed by atoms with van der Waals surface area (Å²) in [4.78, 5) is 25.5. The SMILES string of the molecule is CCOC(=O)C(CC1=C2CC=CC=C2[NH+]=C1)NC=O. The highest BCUT2D eigenvalue weighted by Crippen LogP contribution is 2.22. The molecule has 100 valence electrons. The average Bonchev–Trinajstić information content (AvgIpc) is 2.82. The Morgan fingerprint density at radius 3 is 3.21 bits per heavy atom. The number of fused-ring (bicyclic) bond motifs is 1. The van der Waals surface area contributed by atoms with E-state index in [4.69, 9.17) is 4.74 Å². The quantitative estimate of drug-likeness (QED) is 0.493. The second-order valence-corrected chi connectivity index (χ2v) is 4.30. The van der Waals surface area contributed by atoms with E-state index in [1.807, 2.05) is 18.4 Å². The number of rotatable bonds is 6. The molecule has 1 unspecified atom stereocenters. The van der Waals surface area contributed by atoms with Crippen LogP contribution in [0.2, 0.25) is 0 Å². The average molecular weight is 261 g/mol. The van der Waals surface area contributed by atoms with E-state index in [-0.39, 0.29) is 0 Å². The molecule has 0 spiro atoms. The number of amides is 1. The Kier molecular flexibility index (Phi) is 4.28. The second-order valence-electron chi connectivity index (χ2n) is 4.30. The summed E-state index contributed by atoms with van der Waals surface area (Å²) < 4.78 is 4.96. The van der Waals surface area contributed by atoms with Crippen LogP contribution in [0.15, 0.2) is 35.1 Å². The number of nitrogens with one attached hydrogen (secondary N) is 2. The molecule has 0 aromatic carbocycles. The molecule has 2 rings (SSSR count). The van der Waals surface area contributed by atoms with Gasteiger partial charge in [-0.15, -0.1) is 0 Å². The summed E-state index contributed by atoms with van der Waals surface area (Å²) in [5.41, 5.74) is 3.26. The van der Waals surface area contributed by atoms with Gasteiger partial charge in [0, 0.05) is 23.6 Å². The maximum absolute atomic E-state index is 11.8. The maximum atomic E-state index is 11.8. The van der Waals surface area contributed by atoms with Crippen molar-refractivity contribution in [2.45, 2.75) is 25.8 Å². The lowest BCUT2D eigenvalue weighted by Crippen LogP contribution is -2.64. The number of hydrogen-bond acceptors (Lipinski definition) is 3. The molecule has 0 saturated heterocycles. The second kappa shape index (κ2) is 6.13. The fraction of sp³-hybridized carbons (Fsp3) is 0.357. The van der Waals surface area contributed by atoms with Gasteiger partial charge in [-0.1, -0.05) is 12.2 Å². The van der Waals surface area contributed by atoms with Crippen molar-refractivity contribution in [2.75, 3.05) is 6.61 Å². The molecule has 0 radical (unpaired) electrons. The van der Waals surface area contributed by atoms with Gasteiger partial charge in [-0.3, -0.25) is 4.79 Å². The third-order valence-corrected chi connectivity index (χ3v) is 3.10. The van der Waals surface area contributed by atoms with Crippen molar-refractivity contribution in [1.82, 2.24) is 5.32 Å². The van der Waals surface area contributed by atoms with Gasteiger partial charge in [0.2, 0.25) is 12.1 Å². The van der Waals surface area contributed by atoms with Crippen LogP contribution in [0.25, 0.3) is 0 Å². The summed E-state index contributed by atoms with van der Waals surface area (Å²) in [5.74, 6) is -0.403. The molecule has 0 saturated carbocycles. The third kappa shape index (κ3) is 2.99. The fourth-order valence-electron chi connectivity index (χ4n) is 2.19. The van der Waals surface area contributed by atoms with Gasteiger partial charge in [0.25, 0.3) is 0 Å². The molecule has 2 aliphatic rings. The number of allylic oxidation sites excluding steroid dienone is 4. The van der Waals surface area contributed by atoms with Crippen LogP contribution in [-0.2, 0) is 14.3 Å². The van der Waals surface area contributed by atoms with Crippen LogP contribution in [0, 0.1) is 0 Å². The predicted octanol–water partition coefficient (Wildman–Crippen LogP) is -0.640. The minimum absolute atomic E-state index is 0.303. The van der Waals surface area contributed by atoms with Gasteiger partial charge in [-0.25, -0.2) is 9.79 Å². The third-order valence-electron chi connectivity index (χ3n) is 3.10. The Hall–Kier alpha value is -2.17. The number of carbonyl (C=O) groups excluding carboxylic acids is 2. The summed E-state index contributed by atoms with van der Waals surface area (Å²) in [6, 6.07) is -0.636. The molecule has 2 N–H and O–H groups in total. The smallest absolute Gasteiger partial charge is 0.328 e. The first kappa shape index (κ1) is 13.3. The minimum atomic E-state index is -0.636. The fourth-order valence-corrected chi connectivity index (χ4v) is 2.19. The van der Waals surface area contributed by atoms with Gasteiger partial charge in [-0.2, -0.15) is 0 Å². The molecule has 5 heteroatoms. The van der Waals surface area contributed by atoms with Crippen molar-refractivity contribution in [3.05, 3.63) is 35.1 Å². The first-order chi connectivity index (χ1) is 9.26. The van der Waals surface area contributed by atoms with Crippen LogP contribution >= 0.6 is 0 Å². The van der Waals surface area contributed by atoms with Crippen molar-refractivity contribution in [3.8, 4) is 0 Å².